The van der Waals surface area contributed by atoms with Crippen LogP contribution >= 0.6 is 24.0 Å². The van der Waals surface area contributed by atoms with Gasteiger partial charge in [0.05, 0.1) is 0 Å². The lowest BCUT2D eigenvalue weighted by molar-refractivity contribution is 0.701. The highest BCUT2D eigenvalue weighted by molar-refractivity contribution is 7.98. The molecule has 4 heteroatoms. The second-order valence-corrected chi connectivity index (χ2v) is 5.20. The molecule has 1 atom stereocenters. The Labute approximate surface area is 107 Å². The highest BCUT2D eigenvalue weighted by atomic mass is 32.2. The Morgan fingerprint density at radius 2 is 2.19 bits per heavy atom. The van der Waals surface area contributed by atoms with E-state index in [-0.39, 0.29) is 0 Å². The summed E-state index contributed by atoms with van der Waals surface area (Å²) in [7, 11) is 0. The summed E-state index contributed by atoms with van der Waals surface area (Å²) < 4.78 is 0. The lowest BCUT2D eigenvalue weighted by Gasteiger charge is -2.14. The van der Waals surface area contributed by atoms with Crippen molar-refractivity contribution in [3.8, 4) is 0 Å². The number of nitrogens with two attached hydrogens (primary N) is 1. The van der Waals surface area contributed by atoms with Crippen LogP contribution in [0, 0.1) is 5.92 Å². The molecule has 16 heavy (non-hydrogen) atoms. The van der Waals surface area contributed by atoms with Crippen molar-refractivity contribution in [3.63, 3.8) is 0 Å². The Bertz CT molecular complexity index is 353. The zero-order valence-electron chi connectivity index (χ0n) is 9.69. The van der Waals surface area contributed by atoms with Crippen LogP contribution in [0.5, 0.6) is 0 Å². The SMILES string of the molecule is CSCC(C)CNc1ccccc1C(N)=S. The van der Waals surface area contributed by atoms with E-state index in [2.05, 4.69) is 18.5 Å². The summed E-state index contributed by atoms with van der Waals surface area (Å²) in [6.45, 7) is 3.17. The molecule has 0 heterocycles. The first kappa shape index (κ1) is 13.3. The number of benzene rings is 1. The quantitative estimate of drug-likeness (QED) is 0.766. The Hall–Kier alpha value is -0.740. The maximum absolute atomic E-state index is 5.67. The average molecular weight is 254 g/mol. The van der Waals surface area contributed by atoms with E-state index in [1.54, 1.807) is 0 Å². The highest BCUT2D eigenvalue weighted by Crippen LogP contribution is 2.15. The summed E-state index contributed by atoms with van der Waals surface area (Å²) in [5.41, 5.74) is 7.62. The van der Waals surface area contributed by atoms with E-state index in [9.17, 15) is 0 Å². The molecule has 0 fully saturated rings. The van der Waals surface area contributed by atoms with Crippen molar-refractivity contribution in [2.24, 2.45) is 11.7 Å². The van der Waals surface area contributed by atoms with E-state index in [1.807, 2.05) is 36.0 Å². The molecule has 0 aliphatic rings. The van der Waals surface area contributed by atoms with Gasteiger partial charge in [0.1, 0.15) is 4.99 Å². The van der Waals surface area contributed by atoms with Gasteiger partial charge in [-0.3, -0.25) is 0 Å². The molecule has 0 aliphatic carbocycles. The van der Waals surface area contributed by atoms with Crippen LogP contribution < -0.4 is 11.1 Å². The largest absolute Gasteiger partial charge is 0.389 e. The lowest BCUT2D eigenvalue weighted by atomic mass is 10.1. The molecule has 1 unspecified atom stereocenters. The summed E-state index contributed by atoms with van der Waals surface area (Å²) in [5, 5.41) is 3.40. The molecule has 1 aromatic rings. The number of thioether (sulfide) groups is 1. The molecule has 0 amide bonds. The Morgan fingerprint density at radius 3 is 2.81 bits per heavy atom. The third-order valence-electron chi connectivity index (χ3n) is 2.28. The van der Waals surface area contributed by atoms with Crippen molar-refractivity contribution in [2.45, 2.75) is 6.92 Å². The standard InChI is InChI=1S/C12H18N2S2/c1-9(8-16-2)7-14-11-6-4-3-5-10(11)12(13)15/h3-6,9,14H,7-8H2,1-2H3,(H2,13,15). The van der Waals surface area contributed by atoms with Crippen LogP contribution in [0.4, 0.5) is 5.69 Å². The van der Waals surface area contributed by atoms with Crippen molar-refractivity contribution in [2.75, 3.05) is 23.9 Å². The fourth-order valence-electron chi connectivity index (χ4n) is 1.48. The maximum Gasteiger partial charge on any atom is 0.106 e. The monoisotopic (exact) mass is 254 g/mol. The second kappa shape index (κ2) is 6.76. The lowest BCUT2D eigenvalue weighted by Crippen LogP contribution is -2.17. The van der Waals surface area contributed by atoms with Gasteiger partial charge in [0.15, 0.2) is 0 Å². The van der Waals surface area contributed by atoms with Crippen molar-refractivity contribution < 1.29 is 0 Å². The number of rotatable bonds is 6. The van der Waals surface area contributed by atoms with E-state index in [0.717, 1.165) is 23.5 Å². The molecule has 0 aromatic heterocycles. The second-order valence-electron chi connectivity index (χ2n) is 3.85. The molecule has 0 aliphatic heterocycles. The minimum Gasteiger partial charge on any atom is -0.389 e. The van der Waals surface area contributed by atoms with Crippen LogP contribution in [0.25, 0.3) is 0 Å². The molecule has 1 rings (SSSR count). The molecule has 3 N–H and O–H groups in total. The normalized spacial score (nSPS) is 12.1. The van der Waals surface area contributed by atoms with Crippen molar-refractivity contribution in [1.82, 2.24) is 0 Å². The smallest absolute Gasteiger partial charge is 0.106 e. The molecular formula is C12H18N2S2. The zero-order valence-corrected chi connectivity index (χ0v) is 11.3. The summed E-state index contributed by atoms with van der Waals surface area (Å²) in [5.74, 6) is 1.79. The van der Waals surface area contributed by atoms with Gasteiger partial charge in [0.2, 0.25) is 0 Å². The zero-order chi connectivity index (χ0) is 12.0. The predicted molar refractivity (Wildman–Crippen MR) is 78.4 cm³/mol. The van der Waals surface area contributed by atoms with Gasteiger partial charge in [-0.15, -0.1) is 0 Å². The van der Waals surface area contributed by atoms with Crippen LogP contribution in [0.15, 0.2) is 24.3 Å². The fourth-order valence-corrected chi connectivity index (χ4v) is 2.34. The molecule has 0 saturated heterocycles. The molecule has 0 saturated carbocycles. The van der Waals surface area contributed by atoms with Gasteiger partial charge < -0.3 is 11.1 Å². The van der Waals surface area contributed by atoms with Gasteiger partial charge in [-0.1, -0.05) is 31.3 Å². The molecule has 0 radical (unpaired) electrons. The molecular weight excluding hydrogens is 236 g/mol. The summed E-state index contributed by atoms with van der Waals surface area (Å²) in [6, 6.07) is 7.90. The van der Waals surface area contributed by atoms with Gasteiger partial charge in [-0.2, -0.15) is 11.8 Å². The number of nitrogens with one attached hydrogen (secondary N) is 1. The third-order valence-corrected chi connectivity index (χ3v) is 3.41. The van der Waals surface area contributed by atoms with Crippen molar-refractivity contribution in [3.05, 3.63) is 29.8 Å². The predicted octanol–water partition coefficient (Wildman–Crippen LogP) is 2.73. The van der Waals surface area contributed by atoms with E-state index in [4.69, 9.17) is 18.0 Å². The number of anilines is 1. The van der Waals surface area contributed by atoms with Crippen molar-refractivity contribution >= 4 is 34.7 Å². The molecule has 1 aromatic carbocycles. The van der Waals surface area contributed by atoms with Gasteiger partial charge >= 0.3 is 0 Å². The van der Waals surface area contributed by atoms with Gasteiger partial charge in [0.25, 0.3) is 0 Å². The first-order chi connectivity index (χ1) is 7.65. The molecule has 0 spiro atoms. The van der Waals surface area contributed by atoms with Crippen LogP contribution in [0.2, 0.25) is 0 Å². The van der Waals surface area contributed by atoms with Crippen LogP contribution in [-0.2, 0) is 0 Å². The van der Waals surface area contributed by atoms with E-state index < -0.39 is 0 Å². The minimum absolute atomic E-state index is 0.445. The van der Waals surface area contributed by atoms with Crippen LogP contribution in [-0.4, -0.2) is 23.5 Å². The maximum atomic E-state index is 5.67. The summed E-state index contributed by atoms with van der Waals surface area (Å²) in [4.78, 5) is 0.445. The van der Waals surface area contributed by atoms with E-state index in [1.165, 1.54) is 0 Å². The molecule has 2 nitrogen and oxygen atoms in total. The Kier molecular flexibility index (Phi) is 5.63. The van der Waals surface area contributed by atoms with Gasteiger partial charge in [0, 0.05) is 17.8 Å². The summed E-state index contributed by atoms with van der Waals surface area (Å²) in [6.07, 6.45) is 2.12. The number of hydrogen-bond acceptors (Lipinski definition) is 3. The van der Waals surface area contributed by atoms with Crippen LogP contribution in [0.1, 0.15) is 12.5 Å². The fraction of sp³-hybridized carbons (Fsp3) is 0.417. The topological polar surface area (TPSA) is 38.0 Å². The first-order valence-corrected chi connectivity index (χ1v) is 7.07. The third kappa shape index (κ3) is 4.02. The van der Waals surface area contributed by atoms with Gasteiger partial charge in [-0.05, 0) is 30.1 Å². The van der Waals surface area contributed by atoms with Gasteiger partial charge in [-0.25, -0.2) is 0 Å². The molecule has 0 bridgehead atoms. The number of hydrogen-bond donors (Lipinski definition) is 2. The minimum atomic E-state index is 0.445. The summed E-state index contributed by atoms with van der Waals surface area (Å²) >= 11 is 6.88. The Balaban J connectivity index is 2.63. The van der Waals surface area contributed by atoms with Crippen LogP contribution in [0.3, 0.4) is 0 Å². The highest BCUT2D eigenvalue weighted by Gasteiger charge is 2.05. The van der Waals surface area contributed by atoms with Crippen molar-refractivity contribution in [1.29, 1.82) is 0 Å². The number of para-hydroxylation sites is 1. The molecule has 88 valence electrons. The van der Waals surface area contributed by atoms with E-state index in [0.29, 0.717) is 10.9 Å². The average Bonchev–Trinajstić information content (AvgIpc) is 2.27. The number of thiocarbonyl (C=S) groups is 1. The first-order valence-electron chi connectivity index (χ1n) is 5.26. The van der Waals surface area contributed by atoms with E-state index >= 15 is 0 Å². The Morgan fingerprint density at radius 1 is 1.50 bits per heavy atom.